The van der Waals surface area contributed by atoms with Gasteiger partial charge in [0, 0.05) is 19.6 Å². The Labute approximate surface area is 97.3 Å². The molecule has 1 heterocycles. The summed E-state index contributed by atoms with van der Waals surface area (Å²) in [5, 5.41) is 3.17. The van der Waals surface area contributed by atoms with Gasteiger partial charge in [0.1, 0.15) is 0 Å². The van der Waals surface area contributed by atoms with Gasteiger partial charge in [0.05, 0.1) is 18.8 Å². The molecule has 16 heavy (non-hydrogen) atoms. The lowest BCUT2D eigenvalue weighted by Gasteiger charge is -2.33. The highest BCUT2D eigenvalue weighted by atomic mass is 16.5. The molecule has 0 aromatic heterocycles. The van der Waals surface area contributed by atoms with Gasteiger partial charge in [-0.1, -0.05) is 6.92 Å². The fourth-order valence-electron chi connectivity index (χ4n) is 1.89. The summed E-state index contributed by atoms with van der Waals surface area (Å²) in [6.07, 6.45) is 1.25. The summed E-state index contributed by atoms with van der Waals surface area (Å²) in [4.78, 5) is 13.5. The van der Waals surface area contributed by atoms with Gasteiger partial charge in [-0.2, -0.15) is 0 Å². The molecular weight excluding hydrogens is 206 g/mol. The number of carbonyl (C=O) groups is 1. The Morgan fingerprint density at radius 1 is 1.69 bits per heavy atom. The van der Waals surface area contributed by atoms with Gasteiger partial charge >= 0.3 is 0 Å². The van der Waals surface area contributed by atoms with Gasteiger partial charge in [0.25, 0.3) is 0 Å². The van der Waals surface area contributed by atoms with E-state index < -0.39 is 0 Å². The topological polar surface area (TPSA) is 67.6 Å². The molecular formula is C11H23N3O2. The Morgan fingerprint density at radius 2 is 2.44 bits per heavy atom. The first-order valence-corrected chi connectivity index (χ1v) is 6.00. The van der Waals surface area contributed by atoms with Crippen LogP contribution in [0.2, 0.25) is 0 Å². The summed E-state index contributed by atoms with van der Waals surface area (Å²) in [7, 11) is 0. The lowest BCUT2D eigenvalue weighted by molar-refractivity contribution is -0.121. The van der Waals surface area contributed by atoms with E-state index in [1.807, 2.05) is 6.92 Å². The van der Waals surface area contributed by atoms with Gasteiger partial charge in [0.15, 0.2) is 0 Å². The highest BCUT2D eigenvalue weighted by Gasteiger charge is 2.22. The van der Waals surface area contributed by atoms with Crippen LogP contribution in [0.25, 0.3) is 0 Å². The molecule has 1 aliphatic rings. The zero-order chi connectivity index (χ0) is 12.0. The van der Waals surface area contributed by atoms with Gasteiger partial charge in [-0.25, -0.2) is 0 Å². The average molecular weight is 229 g/mol. The molecule has 1 aliphatic heterocycles. The van der Waals surface area contributed by atoms with Gasteiger partial charge in [-0.3, -0.25) is 9.69 Å². The third-order valence-electron chi connectivity index (χ3n) is 2.75. The van der Waals surface area contributed by atoms with Crippen molar-refractivity contribution in [3.05, 3.63) is 0 Å². The molecule has 1 fully saturated rings. The van der Waals surface area contributed by atoms with Crippen LogP contribution in [0.4, 0.5) is 0 Å². The van der Waals surface area contributed by atoms with Crippen LogP contribution >= 0.6 is 0 Å². The molecule has 0 aromatic carbocycles. The summed E-state index contributed by atoms with van der Waals surface area (Å²) in [6, 6.07) is -0.245. The molecule has 0 aromatic rings. The van der Waals surface area contributed by atoms with Gasteiger partial charge in [0.2, 0.25) is 5.91 Å². The summed E-state index contributed by atoms with van der Waals surface area (Å²) >= 11 is 0. The van der Waals surface area contributed by atoms with Crippen molar-refractivity contribution in [2.24, 2.45) is 5.73 Å². The first kappa shape index (κ1) is 13.4. The number of nitrogens with two attached hydrogens (primary N) is 1. The Hall–Kier alpha value is -0.650. The second-order valence-corrected chi connectivity index (χ2v) is 4.35. The van der Waals surface area contributed by atoms with E-state index in [9.17, 15) is 4.79 Å². The summed E-state index contributed by atoms with van der Waals surface area (Å²) in [5.74, 6) is -0.271. The largest absolute Gasteiger partial charge is 0.376 e. The van der Waals surface area contributed by atoms with Crippen LogP contribution in [0.5, 0.6) is 0 Å². The van der Waals surface area contributed by atoms with Crippen molar-refractivity contribution in [2.45, 2.75) is 32.4 Å². The number of primary amides is 1. The summed E-state index contributed by atoms with van der Waals surface area (Å²) in [6.45, 7) is 8.11. The third kappa shape index (κ3) is 4.47. The molecule has 1 saturated heterocycles. The lowest BCUT2D eigenvalue weighted by Crippen LogP contribution is -2.52. The van der Waals surface area contributed by atoms with Crippen molar-refractivity contribution in [1.29, 1.82) is 0 Å². The van der Waals surface area contributed by atoms with Crippen molar-refractivity contribution in [1.82, 2.24) is 10.2 Å². The molecule has 5 nitrogen and oxygen atoms in total. The predicted molar refractivity (Wildman–Crippen MR) is 63.1 cm³/mol. The van der Waals surface area contributed by atoms with Crippen molar-refractivity contribution >= 4 is 5.91 Å². The Bertz CT molecular complexity index is 223. The quantitative estimate of drug-likeness (QED) is 0.648. The minimum absolute atomic E-state index is 0.244. The van der Waals surface area contributed by atoms with Crippen LogP contribution in [0.1, 0.15) is 20.3 Å². The minimum atomic E-state index is -0.271. The van der Waals surface area contributed by atoms with Crippen molar-refractivity contribution in [3.8, 4) is 0 Å². The van der Waals surface area contributed by atoms with E-state index in [1.54, 1.807) is 0 Å². The highest BCUT2D eigenvalue weighted by molar-refractivity contribution is 5.80. The van der Waals surface area contributed by atoms with Gasteiger partial charge in [-0.05, 0) is 19.9 Å². The van der Waals surface area contributed by atoms with Crippen molar-refractivity contribution in [2.75, 3.05) is 32.8 Å². The van der Waals surface area contributed by atoms with E-state index in [4.69, 9.17) is 10.5 Å². The normalized spacial score (nSPS) is 24.2. The number of nitrogens with one attached hydrogen (secondary N) is 1. The number of rotatable bonds is 6. The van der Waals surface area contributed by atoms with Crippen LogP contribution in [0.3, 0.4) is 0 Å². The molecule has 0 saturated carbocycles. The predicted octanol–water partition coefficient (Wildman–Crippen LogP) is -0.439. The van der Waals surface area contributed by atoms with Crippen molar-refractivity contribution in [3.63, 3.8) is 0 Å². The zero-order valence-corrected chi connectivity index (χ0v) is 10.2. The smallest absolute Gasteiger partial charge is 0.235 e. The number of hydrogen-bond donors (Lipinski definition) is 2. The lowest BCUT2D eigenvalue weighted by atomic mass is 10.2. The first-order chi connectivity index (χ1) is 7.63. The molecule has 1 amide bonds. The van der Waals surface area contributed by atoms with Crippen LogP contribution < -0.4 is 11.1 Å². The van der Waals surface area contributed by atoms with Crippen LogP contribution in [-0.2, 0) is 9.53 Å². The van der Waals surface area contributed by atoms with Crippen LogP contribution in [-0.4, -0.2) is 55.7 Å². The fourth-order valence-corrected chi connectivity index (χ4v) is 1.89. The maximum Gasteiger partial charge on any atom is 0.235 e. The Kier molecular flexibility index (Phi) is 5.73. The van der Waals surface area contributed by atoms with E-state index in [-0.39, 0.29) is 18.1 Å². The van der Waals surface area contributed by atoms with Crippen LogP contribution in [0, 0.1) is 0 Å². The SMILES string of the molecule is CCCNC(CN1CCOC(C)C1)C(N)=O. The summed E-state index contributed by atoms with van der Waals surface area (Å²) in [5.41, 5.74) is 5.37. The number of amides is 1. The Morgan fingerprint density at radius 3 is 3.00 bits per heavy atom. The molecule has 0 bridgehead atoms. The maximum atomic E-state index is 11.3. The van der Waals surface area contributed by atoms with Gasteiger partial charge < -0.3 is 15.8 Å². The standard InChI is InChI=1S/C11H23N3O2/c1-3-4-13-10(11(12)15)8-14-5-6-16-9(2)7-14/h9-10,13H,3-8H2,1-2H3,(H2,12,15). The second-order valence-electron chi connectivity index (χ2n) is 4.35. The number of nitrogens with zero attached hydrogens (tertiary/aromatic N) is 1. The maximum absolute atomic E-state index is 11.3. The fraction of sp³-hybridized carbons (Fsp3) is 0.909. The number of carbonyl (C=O) groups excluding carboxylic acids is 1. The van der Waals surface area contributed by atoms with Gasteiger partial charge in [-0.15, -0.1) is 0 Å². The highest BCUT2D eigenvalue weighted by Crippen LogP contribution is 2.04. The second kappa shape index (κ2) is 6.83. The molecule has 0 spiro atoms. The zero-order valence-electron chi connectivity index (χ0n) is 10.2. The van der Waals surface area contributed by atoms with E-state index in [2.05, 4.69) is 17.1 Å². The Balaban J connectivity index is 2.37. The monoisotopic (exact) mass is 229 g/mol. The van der Waals surface area contributed by atoms with E-state index >= 15 is 0 Å². The average Bonchev–Trinajstić information content (AvgIpc) is 2.24. The first-order valence-electron chi connectivity index (χ1n) is 6.00. The number of morpholine rings is 1. The third-order valence-corrected chi connectivity index (χ3v) is 2.75. The molecule has 5 heteroatoms. The molecule has 0 radical (unpaired) electrons. The molecule has 2 unspecified atom stereocenters. The molecule has 1 rings (SSSR count). The molecule has 0 aliphatic carbocycles. The summed E-state index contributed by atoms with van der Waals surface area (Å²) < 4.78 is 5.45. The molecule has 94 valence electrons. The molecule has 3 N–H and O–H groups in total. The number of ether oxygens (including phenoxy) is 1. The van der Waals surface area contributed by atoms with E-state index in [0.29, 0.717) is 6.54 Å². The molecule has 2 atom stereocenters. The van der Waals surface area contributed by atoms with Crippen LogP contribution in [0.15, 0.2) is 0 Å². The van der Waals surface area contributed by atoms with Crippen molar-refractivity contribution < 1.29 is 9.53 Å². The minimum Gasteiger partial charge on any atom is -0.376 e. The van der Waals surface area contributed by atoms with E-state index in [0.717, 1.165) is 32.7 Å². The number of hydrogen-bond acceptors (Lipinski definition) is 4. The van der Waals surface area contributed by atoms with E-state index in [1.165, 1.54) is 0 Å².